The molecule has 2 rings (SSSR count). The van der Waals surface area contributed by atoms with Gasteiger partial charge in [-0.05, 0) is 39.2 Å². The molecule has 1 aromatic rings. The van der Waals surface area contributed by atoms with Crippen molar-refractivity contribution in [2.75, 3.05) is 7.05 Å². The minimum absolute atomic E-state index is 0.386. The molecule has 0 bridgehead atoms. The van der Waals surface area contributed by atoms with Crippen LogP contribution in [0, 0.1) is 5.41 Å². The number of rotatable bonds is 5. The van der Waals surface area contributed by atoms with Gasteiger partial charge in [0.25, 0.3) is 0 Å². The van der Waals surface area contributed by atoms with Crippen LogP contribution in [0.3, 0.4) is 0 Å². The SMILES string of the molecule is CNC(Cc1ncnn1C(C)C)C1(C)CCCC1. The van der Waals surface area contributed by atoms with Crippen LogP contribution >= 0.6 is 0 Å². The Labute approximate surface area is 110 Å². The van der Waals surface area contributed by atoms with Gasteiger partial charge in [-0.1, -0.05) is 19.8 Å². The predicted molar refractivity (Wildman–Crippen MR) is 73.5 cm³/mol. The summed E-state index contributed by atoms with van der Waals surface area (Å²) in [6, 6.07) is 0.887. The molecule has 1 aliphatic rings. The van der Waals surface area contributed by atoms with E-state index in [0.29, 0.717) is 17.5 Å². The zero-order valence-electron chi connectivity index (χ0n) is 12.1. The summed E-state index contributed by atoms with van der Waals surface area (Å²) in [7, 11) is 2.07. The van der Waals surface area contributed by atoms with E-state index in [1.807, 2.05) is 4.68 Å². The van der Waals surface area contributed by atoms with Crippen molar-refractivity contribution in [1.29, 1.82) is 0 Å². The van der Waals surface area contributed by atoms with Crippen LogP contribution in [0.2, 0.25) is 0 Å². The molecule has 1 heterocycles. The van der Waals surface area contributed by atoms with E-state index in [9.17, 15) is 0 Å². The summed E-state index contributed by atoms with van der Waals surface area (Å²) in [5, 5.41) is 7.84. The molecular weight excluding hydrogens is 224 g/mol. The largest absolute Gasteiger partial charge is 0.316 e. The highest BCUT2D eigenvalue weighted by molar-refractivity contribution is 4.99. The average molecular weight is 250 g/mol. The highest BCUT2D eigenvalue weighted by Crippen LogP contribution is 2.41. The molecule has 0 saturated heterocycles. The first kappa shape index (κ1) is 13.5. The molecular formula is C14H26N4. The maximum Gasteiger partial charge on any atom is 0.138 e. The molecule has 1 unspecified atom stereocenters. The summed E-state index contributed by atoms with van der Waals surface area (Å²) >= 11 is 0. The van der Waals surface area contributed by atoms with Gasteiger partial charge in [0.1, 0.15) is 12.2 Å². The molecule has 4 nitrogen and oxygen atoms in total. The Morgan fingerprint density at radius 2 is 2.06 bits per heavy atom. The van der Waals surface area contributed by atoms with Crippen molar-refractivity contribution < 1.29 is 0 Å². The predicted octanol–water partition coefficient (Wildman–Crippen LogP) is 2.57. The summed E-state index contributed by atoms with van der Waals surface area (Å²) in [5.74, 6) is 1.11. The van der Waals surface area contributed by atoms with Crippen molar-refractivity contribution in [3.05, 3.63) is 12.2 Å². The monoisotopic (exact) mass is 250 g/mol. The van der Waals surface area contributed by atoms with Gasteiger partial charge >= 0.3 is 0 Å². The van der Waals surface area contributed by atoms with Crippen molar-refractivity contribution in [3.8, 4) is 0 Å². The minimum Gasteiger partial charge on any atom is -0.316 e. The zero-order chi connectivity index (χ0) is 13.2. The number of hydrogen-bond donors (Lipinski definition) is 1. The number of nitrogens with one attached hydrogen (secondary N) is 1. The molecule has 0 radical (unpaired) electrons. The van der Waals surface area contributed by atoms with E-state index in [-0.39, 0.29) is 0 Å². The molecule has 0 aromatic carbocycles. The van der Waals surface area contributed by atoms with Gasteiger partial charge in [0.05, 0.1) is 0 Å². The Kier molecular flexibility index (Phi) is 4.05. The fraction of sp³-hybridized carbons (Fsp3) is 0.857. The molecule has 1 aliphatic carbocycles. The van der Waals surface area contributed by atoms with Crippen LogP contribution in [0.1, 0.15) is 58.3 Å². The Bertz CT molecular complexity index is 377. The van der Waals surface area contributed by atoms with Crippen LogP contribution < -0.4 is 5.32 Å². The third-order valence-corrected chi connectivity index (χ3v) is 4.46. The van der Waals surface area contributed by atoms with E-state index >= 15 is 0 Å². The zero-order valence-corrected chi connectivity index (χ0v) is 12.1. The smallest absolute Gasteiger partial charge is 0.138 e. The molecule has 1 aromatic heterocycles. The van der Waals surface area contributed by atoms with Crippen molar-refractivity contribution in [2.45, 2.75) is 65.0 Å². The average Bonchev–Trinajstić information content (AvgIpc) is 2.95. The maximum atomic E-state index is 4.44. The molecule has 1 fully saturated rings. The van der Waals surface area contributed by atoms with Gasteiger partial charge in [-0.3, -0.25) is 0 Å². The number of likely N-dealkylation sites (N-methyl/N-ethyl adjacent to an activating group) is 1. The van der Waals surface area contributed by atoms with Gasteiger partial charge in [0.2, 0.25) is 0 Å². The van der Waals surface area contributed by atoms with E-state index in [1.54, 1.807) is 6.33 Å². The molecule has 0 spiro atoms. The maximum absolute atomic E-state index is 4.44. The molecule has 0 aliphatic heterocycles. The summed E-state index contributed by atoms with van der Waals surface area (Å²) in [6.07, 6.45) is 8.05. The number of hydrogen-bond acceptors (Lipinski definition) is 3. The third kappa shape index (κ3) is 2.58. The van der Waals surface area contributed by atoms with E-state index in [2.05, 4.69) is 43.2 Å². The second kappa shape index (κ2) is 5.39. The molecule has 1 atom stereocenters. The lowest BCUT2D eigenvalue weighted by molar-refractivity contribution is 0.224. The van der Waals surface area contributed by atoms with Gasteiger partial charge < -0.3 is 5.32 Å². The van der Waals surface area contributed by atoms with Crippen LogP contribution in [-0.2, 0) is 6.42 Å². The topological polar surface area (TPSA) is 42.7 Å². The number of nitrogens with zero attached hydrogens (tertiary/aromatic N) is 3. The standard InChI is InChI=1S/C14H26N4/c1-11(2)18-13(16-10-17-18)9-12(15-4)14(3)7-5-6-8-14/h10-12,15H,5-9H2,1-4H3. The molecule has 4 heteroatoms. The summed E-state index contributed by atoms with van der Waals surface area (Å²) in [4.78, 5) is 4.44. The van der Waals surface area contributed by atoms with Crippen LogP contribution in [0.15, 0.2) is 6.33 Å². The van der Waals surface area contributed by atoms with Crippen LogP contribution in [-0.4, -0.2) is 27.9 Å². The first-order chi connectivity index (χ1) is 8.57. The molecule has 1 N–H and O–H groups in total. The molecule has 102 valence electrons. The van der Waals surface area contributed by atoms with Crippen LogP contribution in [0.4, 0.5) is 0 Å². The van der Waals surface area contributed by atoms with Crippen molar-refractivity contribution >= 4 is 0 Å². The molecule has 1 saturated carbocycles. The van der Waals surface area contributed by atoms with Crippen molar-refractivity contribution in [1.82, 2.24) is 20.1 Å². The quantitative estimate of drug-likeness (QED) is 0.873. The summed E-state index contributed by atoms with van der Waals surface area (Å²) in [6.45, 7) is 6.73. The Morgan fingerprint density at radius 1 is 1.39 bits per heavy atom. The van der Waals surface area contributed by atoms with Gasteiger partial charge in [0, 0.05) is 18.5 Å². The lowest BCUT2D eigenvalue weighted by Crippen LogP contribution is -2.42. The lowest BCUT2D eigenvalue weighted by Gasteiger charge is -2.34. The number of aromatic nitrogens is 3. The Hall–Kier alpha value is -0.900. The van der Waals surface area contributed by atoms with E-state index in [0.717, 1.165) is 12.2 Å². The molecule has 0 amide bonds. The summed E-state index contributed by atoms with van der Waals surface area (Å²) in [5.41, 5.74) is 0.419. The third-order valence-electron chi connectivity index (χ3n) is 4.46. The van der Waals surface area contributed by atoms with E-state index in [4.69, 9.17) is 0 Å². The minimum atomic E-state index is 0.386. The first-order valence-corrected chi connectivity index (χ1v) is 7.12. The highest BCUT2D eigenvalue weighted by Gasteiger charge is 2.36. The van der Waals surface area contributed by atoms with E-state index in [1.165, 1.54) is 25.7 Å². The summed E-state index contributed by atoms with van der Waals surface area (Å²) < 4.78 is 2.04. The van der Waals surface area contributed by atoms with E-state index < -0.39 is 0 Å². The first-order valence-electron chi connectivity index (χ1n) is 7.12. The van der Waals surface area contributed by atoms with Gasteiger partial charge in [-0.15, -0.1) is 0 Å². The highest BCUT2D eigenvalue weighted by atomic mass is 15.3. The van der Waals surface area contributed by atoms with Gasteiger partial charge in [0.15, 0.2) is 0 Å². The van der Waals surface area contributed by atoms with Crippen molar-refractivity contribution in [3.63, 3.8) is 0 Å². The van der Waals surface area contributed by atoms with Crippen LogP contribution in [0.25, 0.3) is 0 Å². The molecule has 18 heavy (non-hydrogen) atoms. The fourth-order valence-corrected chi connectivity index (χ4v) is 3.26. The van der Waals surface area contributed by atoms with Gasteiger partial charge in [-0.25, -0.2) is 9.67 Å². The lowest BCUT2D eigenvalue weighted by atomic mass is 9.79. The normalized spacial score (nSPS) is 20.5. The Balaban J connectivity index is 2.12. The van der Waals surface area contributed by atoms with Crippen molar-refractivity contribution in [2.24, 2.45) is 5.41 Å². The second-order valence-electron chi connectivity index (χ2n) is 6.12. The Morgan fingerprint density at radius 3 is 2.61 bits per heavy atom. The fourth-order valence-electron chi connectivity index (χ4n) is 3.26. The second-order valence-corrected chi connectivity index (χ2v) is 6.12. The van der Waals surface area contributed by atoms with Gasteiger partial charge in [-0.2, -0.15) is 5.10 Å². The van der Waals surface area contributed by atoms with Crippen LogP contribution in [0.5, 0.6) is 0 Å².